The van der Waals surface area contributed by atoms with E-state index in [2.05, 4.69) is 22.2 Å². The Morgan fingerprint density at radius 2 is 1.90 bits per heavy atom. The van der Waals surface area contributed by atoms with Crippen LogP contribution in [0.5, 0.6) is 0 Å². The monoisotopic (exact) mass is 270 g/mol. The van der Waals surface area contributed by atoms with Gasteiger partial charge in [-0.3, -0.25) is 0 Å². The highest BCUT2D eigenvalue weighted by Crippen LogP contribution is 2.20. The molecule has 0 atom stereocenters. The van der Waals surface area contributed by atoms with Gasteiger partial charge < -0.3 is 10.2 Å². The minimum absolute atomic E-state index is 0.705. The normalized spacial score (nSPS) is 10.3. The second-order valence-electron chi connectivity index (χ2n) is 4.77. The van der Waals surface area contributed by atoms with Crippen LogP contribution in [0.25, 0.3) is 0 Å². The van der Waals surface area contributed by atoms with Gasteiger partial charge >= 0.3 is 0 Å². The molecule has 0 unspecified atom stereocenters. The SMILES string of the molecule is CCCCCNc1ccnc(N(C)c2ccccc2)n1. The van der Waals surface area contributed by atoms with Crippen LogP contribution < -0.4 is 10.2 Å². The second-order valence-corrected chi connectivity index (χ2v) is 4.77. The van der Waals surface area contributed by atoms with Crippen LogP contribution in [0, 0.1) is 0 Å². The molecule has 1 heterocycles. The van der Waals surface area contributed by atoms with E-state index in [0.29, 0.717) is 5.95 Å². The molecule has 2 aromatic rings. The molecule has 106 valence electrons. The van der Waals surface area contributed by atoms with Crippen molar-refractivity contribution in [2.75, 3.05) is 23.8 Å². The summed E-state index contributed by atoms with van der Waals surface area (Å²) in [6.45, 7) is 3.16. The van der Waals surface area contributed by atoms with Crippen molar-refractivity contribution in [3.63, 3.8) is 0 Å². The van der Waals surface area contributed by atoms with Crippen LogP contribution in [0.1, 0.15) is 26.2 Å². The summed E-state index contributed by atoms with van der Waals surface area (Å²) in [5.41, 5.74) is 1.08. The van der Waals surface area contributed by atoms with Gasteiger partial charge in [-0.05, 0) is 24.6 Å². The Hall–Kier alpha value is -2.10. The summed E-state index contributed by atoms with van der Waals surface area (Å²) in [6.07, 6.45) is 5.44. The van der Waals surface area contributed by atoms with Gasteiger partial charge in [-0.15, -0.1) is 0 Å². The number of para-hydroxylation sites is 1. The number of hydrogen-bond donors (Lipinski definition) is 1. The minimum Gasteiger partial charge on any atom is -0.370 e. The molecule has 0 saturated carbocycles. The molecule has 0 radical (unpaired) electrons. The molecule has 0 aliphatic heterocycles. The van der Waals surface area contributed by atoms with Crippen molar-refractivity contribution in [2.45, 2.75) is 26.2 Å². The molecule has 1 aromatic heterocycles. The van der Waals surface area contributed by atoms with E-state index < -0.39 is 0 Å². The summed E-state index contributed by atoms with van der Waals surface area (Å²) < 4.78 is 0. The summed E-state index contributed by atoms with van der Waals surface area (Å²) in [5.74, 6) is 1.59. The number of nitrogens with zero attached hydrogens (tertiary/aromatic N) is 3. The molecule has 0 aliphatic carbocycles. The van der Waals surface area contributed by atoms with E-state index in [-0.39, 0.29) is 0 Å². The number of unbranched alkanes of at least 4 members (excludes halogenated alkanes) is 2. The molecule has 1 aromatic carbocycles. The Balaban J connectivity index is 2.02. The number of anilines is 3. The maximum Gasteiger partial charge on any atom is 0.231 e. The van der Waals surface area contributed by atoms with E-state index in [1.807, 2.05) is 48.3 Å². The Morgan fingerprint density at radius 3 is 2.65 bits per heavy atom. The number of rotatable bonds is 7. The Bertz CT molecular complexity index is 513. The molecule has 0 aliphatic rings. The Morgan fingerprint density at radius 1 is 1.10 bits per heavy atom. The van der Waals surface area contributed by atoms with Crippen molar-refractivity contribution in [1.29, 1.82) is 0 Å². The molecule has 0 fully saturated rings. The van der Waals surface area contributed by atoms with Crippen LogP contribution in [0.3, 0.4) is 0 Å². The van der Waals surface area contributed by atoms with Crippen molar-refractivity contribution in [3.8, 4) is 0 Å². The standard InChI is InChI=1S/C16H22N4/c1-3-4-8-12-17-15-11-13-18-16(19-15)20(2)14-9-6-5-7-10-14/h5-7,9-11,13H,3-4,8,12H2,1-2H3,(H,17,18,19). The van der Waals surface area contributed by atoms with Gasteiger partial charge in [0, 0.05) is 25.5 Å². The molecule has 0 spiro atoms. The third-order valence-electron chi connectivity index (χ3n) is 3.17. The predicted molar refractivity (Wildman–Crippen MR) is 84.6 cm³/mol. The predicted octanol–water partition coefficient (Wildman–Crippen LogP) is 3.85. The largest absolute Gasteiger partial charge is 0.370 e. The van der Waals surface area contributed by atoms with Gasteiger partial charge in [-0.25, -0.2) is 4.98 Å². The van der Waals surface area contributed by atoms with Crippen LogP contribution >= 0.6 is 0 Å². The van der Waals surface area contributed by atoms with E-state index in [1.54, 1.807) is 6.20 Å². The van der Waals surface area contributed by atoms with E-state index in [9.17, 15) is 0 Å². The fourth-order valence-corrected chi connectivity index (χ4v) is 1.97. The highest BCUT2D eigenvalue weighted by atomic mass is 15.2. The zero-order valence-corrected chi connectivity index (χ0v) is 12.2. The summed E-state index contributed by atoms with van der Waals surface area (Å²) >= 11 is 0. The van der Waals surface area contributed by atoms with Crippen LogP contribution in [-0.2, 0) is 0 Å². The lowest BCUT2D eigenvalue weighted by Gasteiger charge is -2.17. The van der Waals surface area contributed by atoms with E-state index in [0.717, 1.165) is 18.1 Å². The minimum atomic E-state index is 0.705. The first-order valence-electron chi connectivity index (χ1n) is 7.17. The van der Waals surface area contributed by atoms with E-state index in [1.165, 1.54) is 19.3 Å². The molecule has 0 amide bonds. The highest BCUT2D eigenvalue weighted by Gasteiger charge is 2.06. The molecule has 4 heteroatoms. The number of benzene rings is 1. The van der Waals surface area contributed by atoms with Crippen molar-refractivity contribution in [1.82, 2.24) is 9.97 Å². The van der Waals surface area contributed by atoms with Gasteiger partial charge in [0.25, 0.3) is 0 Å². The number of nitrogens with one attached hydrogen (secondary N) is 1. The number of hydrogen-bond acceptors (Lipinski definition) is 4. The zero-order valence-electron chi connectivity index (χ0n) is 12.2. The highest BCUT2D eigenvalue weighted by molar-refractivity contribution is 5.57. The summed E-state index contributed by atoms with van der Waals surface area (Å²) in [7, 11) is 1.98. The van der Waals surface area contributed by atoms with Crippen LogP contribution in [0.2, 0.25) is 0 Å². The maximum atomic E-state index is 4.55. The molecule has 2 rings (SSSR count). The molecule has 4 nitrogen and oxygen atoms in total. The topological polar surface area (TPSA) is 41.1 Å². The van der Waals surface area contributed by atoms with Gasteiger partial charge in [-0.1, -0.05) is 38.0 Å². The first-order valence-corrected chi connectivity index (χ1v) is 7.17. The second kappa shape index (κ2) is 7.48. The van der Waals surface area contributed by atoms with Gasteiger partial charge in [0.15, 0.2) is 0 Å². The Labute approximate surface area is 120 Å². The lowest BCUT2D eigenvalue weighted by Crippen LogP contribution is -2.14. The average Bonchev–Trinajstić information content (AvgIpc) is 2.52. The summed E-state index contributed by atoms with van der Waals surface area (Å²) in [6, 6.07) is 12.0. The third kappa shape index (κ3) is 3.95. The van der Waals surface area contributed by atoms with Gasteiger partial charge in [0.05, 0.1) is 0 Å². The van der Waals surface area contributed by atoms with Crippen molar-refractivity contribution >= 4 is 17.5 Å². The quantitative estimate of drug-likeness (QED) is 0.776. The average molecular weight is 270 g/mol. The summed E-state index contributed by atoms with van der Waals surface area (Å²) in [5, 5.41) is 3.35. The fraction of sp³-hybridized carbons (Fsp3) is 0.375. The van der Waals surface area contributed by atoms with E-state index >= 15 is 0 Å². The molecule has 0 saturated heterocycles. The molecule has 1 N–H and O–H groups in total. The van der Waals surface area contributed by atoms with Crippen molar-refractivity contribution in [2.24, 2.45) is 0 Å². The maximum absolute atomic E-state index is 4.55. The zero-order chi connectivity index (χ0) is 14.2. The van der Waals surface area contributed by atoms with Crippen LogP contribution in [-0.4, -0.2) is 23.6 Å². The molecule has 0 bridgehead atoms. The first kappa shape index (κ1) is 14.3. The van der Waals surface area contributed by atoms with Gasteiger partial charge in [0.1, 0.15) is 5.82 Å². The molecular formula is C16H22N4. The smallest absolute Gasteiger partial charge is 0.231 e. The van der Waals surface area contributed by atoms with Crippen molar-refractivity contribution in [3.05, 3.63) is 42.6 Å². The third-order valence-corrected chi connectivity index (χ3v) is 3.17. The lowest BCUT2D eigenvalue weighted by atomic mass is 10.2. The Kier molecular flexibility index (Phi) is 5.35. The van der Waals surface area contributed by atoms with Crippen molar-refractivity contribution < 1.29 is 0 Å². The summed E-state index contributed by atoms with van der Waals surface area (Å²) in [4.78, 5) is 10.9. The molecule has 20 heavy (non-hydrogen) atoms. The van der Waals surface area contributed by atoms with Gasteiger partial charge in [-0.2, -0.15) is 4.98 Å². The van der Waals surface area contributed by atoms with Gasteiger partial charge in [0.2, 0.25) is 5.95 Å². The first-order chi connectivity index (χ1) is 9.81. The van der Waals surface area contributed by atoms with E-state index in [4.69, 9.17) is 0 Å². The lowest BCUT2D eigenvalue weighted by molar-refractivity contribution is 0.742. The number of aromatic nitrogens is 2. The van der Waals surface area contributed by atoms with Crippen LogP contribution in [0.4, 0.5) is 17.5 Å². The molecular weight excluding hydrogens is 248 g/mol. The fourth-order valence-electron chi connectivity index (χ4n) is 1.97. The van der Waals surface area contributed by atoms with Crippen LogP contribution in [0.15, 0.2) is 42.6 Å².